The molecule has 19 heavy (non-hydrogen) atoms. The summed E-state index contributed by atoms with van der Waals surface area (Å²) in [6.07, 6.45) is 2.50. The molecule has 1 aromatic rings. The number of carboxylic acid groups (broad SMARTS) is 1. The van der Waals surface area contributed by atoms with E-state index < -0.39 is 5.97 Å². The summed E-state index contributed by atoms with van der Waals surface area (Å²) in [5, 5.41) is 10.4. The van der Waals surface area contributed by atoms with Gasteiger partial charge in [-0.15, -0.1) is 11.3 Å². The smallest absolute Gasteiger partial charge is 0.328 e. The quantitative estimate of drug-likeness (QED) is 0.863. The van der Waals surface area contributed by atoms with Crippen LogP contribution in [0.1, 0.15) is 36.0 Å². The Morgan fingerprint density at radius 3 is 2.58 bits per heavy atom. The topological polar surface area (TPSA) is 57.6 Å². The first-order chi connectivity index (χ1) is 8.70. The Bertz CT molecular complexity index is 497. The minimum atomic E-state index is -1.02. The molecule has 0 aliphatic carbocycles. The molecule has 1 amide bonds. The Morgan fingerprint density at radius 2 is 2.05 bits per heavy atom. The monoisotopic (exact) mass is 281 g/mol. The van der Waals surface area contributed by atoms with Crippen LogP contribution in [0.2, 0.25) is 0 Å². The van der Waals surface area contributed by atoms with E-state index in [1.165, 1.54) is 17.4 Å². The van der Waals surface area contributed by atoms with E-state index in [0.29, 0.717) is 17.0 Å². The van der Waals surface area contributed by atoms with E-state index in [9.17, 15) is 9.59 Å². The number of carbonyl (C=O) groups is 2. The third kappa shape index (κ3) is 4.87. The Hall–Kier alpha value is -1.62. The number of hydrogen-bond donors (Lipinski definition) is 1. The molecule has 0 bridgehead atoms. The van der Waals surface area contributed by atoms with Crippen molar-refractivity contribution in [2.75, 3.05) is 13.6 Å². The van der Waals surface area contributed by atoms with Crippen molar-refractivity contribution >= 4 is 29.3 Å². The van der Waals surface area contributed by atoms with Gasteiger partial charge in [0.05, 0.1) is 4.88 Å². The highest BCUT2D eigenvalue weighted by atomic mass is 32.1. The Morgan fingerprint density at radius 1 is 1.42 bits per heavy atom. The number of nitrogens with zero attached hydrogens (tertiary/aromatic N) is 1. The molecule has 0 atom stereocenters. The summed E-state index contributed by atoms with van der Waals surface area (Å²) in [5.74, 6) is -1.09. The second-order valence-electron chi connectivity index (χ2n) is 5.60. The van der Waals surface area contributed by atoms with Crippen molar-refractivity contribution in [3.63, 3.8) is 0 Å². The molecule has 1 heterocycles. The van der Waals surface area contributed by atoms with Gasteiger partial charge >= 0.3 is 5.97 Å². The van der Waals surface area contributed by atoms with E-state index >= 15 is 0 Å². The molecule has 0 saturated heterocycles. The minimum Gasteiger partial charge on any atom is -0.478 e. The van der Waals surface area contributed by atoms with Gasteiger partial charge in [-0.05, 0) is 28.5 Å². The van der Waals surface area contributed by atoms with Gasteiger partial charge in [-0.2, -0.15) is 0 Å². The van der Waals surface area contributed by atoms with Crippen LogP contribution in [0.15, 0.2) is 17.5 Å². The maximum absolute atomic E-state index is 12.3. The molecule has 1 N–H and O–H groups in total. The molecule has 5 heteroatoms. The Labute approximate surface area is 117 Å². The molecule has 0 fully saturated rings. The molecule has 1 rings (SSSR count). The molecule has 104 valence electrons. The van der Waals surface area contributed by atoms with E-state index in [4.69, 9.17) is 5.11 Å². The summed E-state index contributed by atoms with van der Waals surface area (Å²) < 4.78 is 0. The van der Waals surface area contributed by atoms with Crippen LogP contribution in [0.3, 0.4) is 0 Å². The van der Waals surface area contributed by atoms with Crippen LogP contribution < -0.4 is 0 Å². The van der Waals surface area contributed by atoms with Gasteiger partial charge in [0, 0.05) is 19.7 Å². The third-order valence-corrected chi connectivity index (χ3v) is 3.27. The van der Waals surface area contributed by atoms with Crippen molar-refractivity contribution in [3.05, 3.63) is 28.0 Å². The summed E-state index contributed by atoms with van der Waals surface area (Å²) in [6.45, 7) is 6.84. The molecular weight excluding hydrogens is 262 g/mol. The van der Waals surface area contributed by atoms with Gasteiger partial charge in [-0.3, -0.25) is 4.79 Å². The van der Waals surface area contributed by atoms with E-state index in [1.54, 1.807) is 23.4 Å². The number of thiophene rings is 1. The van der Waals surface area contributed by atoms with Gasteiger partial charge in [0.1, 0.15) is 0 Å². The number of carboxylic acids is 1. The van der Waals surface area contributed by atoms with Gasteiger partial charge in [-0.1, -0.05) is 20.8 Å². The number of aliphatic carboxylic acids is 1. The lowest BCUT2D eigenvalue weighted by atomic mass is 9.96. The van der Waals surface area contributed by atoms with Crippen LogP contribution in [-0.2, 0) is 4.79 Å². The molecule has 0 radical (unpaired) electrons. The fraction of sp³-hybridized carbons (Fsp3) is 0.429. The van der Waals surface area contributed by atoms with Crippen LogP contribution in [0.25, 0.3) is 6.08 Å². The molecule has 0 saturated carbocycles. The number of carbonyl (C=O) groups excluding carboxylic acids is 1. The second kappa shape index (κ2) is 6.02. The fourth-order valence-electron chi connectivity index (χ4n) is 1.74. The summed E-state index contributed by atoms with van der Waals surface area (Å²) in [4.78, 5) is 25.1. The highest BCUT2D eigenvalue weighted by Gasteiger charge is 2.21. The van der Waals surface area contributed by atoms with Crippen LogP contribution in [0, 0.1) is 5.41 Å². The highest BCUT2D eigenvalue weighted by Crippen LogP contribution is 2.22. The van der Waals surface area contributed by atoms with Gasteiger partial charge in [0.15, 0.2) is 0 Å². The van der Waals surface area contributed by atoms with Crippen molar-refractivity contribution in [2.45, 2.75) is 20.8 Å². The molecule has 0 unspecified atom stereocenters. The summed E-state index contributed by atoms with van der Waals surface area (Å²) in [5.41, 5.74) is 0.678. The average Bonchev–Trinajstić information content (AvgIpc) is 2.70. The van der Waals surface area contributed by atoms with Crippen molar-refractivity contribution in [1.82, 2.24) is 4.90 Å². The zero-order valence-corrected chi connectivity index (χ0v) is 12.5. The number of amides is 1. The van der Waals surface area contributed by atoms with Crippen molar-refractivity contribution in [3.8, 4) is 0 Å². The maximum Gasteiger partial charge on any atom is 0.328 e. The largest absolute Gasteiger partial charge is 0.478 e. The fourth-order valence-corrected chi connectivity index (χ4v) is 2.62. The zero-order valence-electron chi connectivity index (χ0n) is 11.6. The number of rotatable bonds is 4. The summed E-state index contributed by atoms with van der Waals surface area (Å²) >= 11 is 1.33. The summed E-state index contributed by atoms with van der Waals surface area (Å²) in [7, 11) is 1.76. The first kappa shape index (κ1) is 15.4. The molecule has 4 nitrogen and oxygen atoms in total. The average molecular weight is 281 g/mol. The van der Waals surface area contributed by atoms with Crippen LogP contribution in [0.4, 0.5) is 0 Å². The SMILES string of the molecule is CN(CC(C)(C)C)C(=O)c1sccc1C=CC(=O)O. The van der Waals surface area contributed by atoms with Gasteiger partial charge in [0.25, 0.3) is 5.91 Å². The predicted octanol–water partition coefficient (Wildman–Crippen LogP) is 2.96. The molecule has 0 aliphatic heterocycles. The normalized spacial score (nSPS) is 11.8. The van der Waals surface area contributed by atoms with E-state index in [0.717, 1.165) is 6.08 Å². The van der Waals surface area contributed by atoms with Crippen LogP contribution in [-0.4, -0.2) is 35.5 Å². The molecule has 0 aliphatic rings. The molecule has 1 aromatic heterocycles. The van der Waals surface area contributed by atoms with Crippen LogP contribution >= 0.6 is 11.3 Å². The Kier molecular flexibility index (Phi) is 4.89. The second-order valence-corrected chi connectivity index (χ2v) is 6.51. The van der Waals surface area contributed by atoms with Crippen molar-refractivity contribution < 1.29 is 14.7 Å². The van der Waals surface area contributed by atoms with Crippen molar-refractivity contribution in [2.24, 2.45) is 5.41 Å². The third-order valence-electron chi connectivity index (χ3n) is 2.35. The minimum absolute atomic E-state index is 0.0265. The lowest BCUT2D eigenvalue weighted by Crippen LogP contribution is -2.34. The van der Waals surface area contributed by atoms with E-state index in [2.05, 4.69) is 20.8 Å². The van der Waals surface area contributed by atoms with Crippen molar-refractivity contribution in [1.29, 1.82) is 0 Å². The lowest BCUT2D eigenvalue weighted by Gasteiger charge is -2.26. The lowest BCUT2D eigenvalue weighted by molar-refractivity contribution is -0.131. The van der Waals surface area contributed by atoms with Crippen LogP contribution in [0.5, 0.6) is 0 Å². The molecule has 0 aromatic carbocycles. The van der Waals surface area contributed by atoms with Gasteiger partial charge in [0.2, 0.25) is 0 Å². The van der Waals surface area contributed by atoms with Gasteiger partial charge in [-0.25, -0.2) is 4.79 Å². The first-order valence-electron chi connectivity index (χ1n) is 5.94. The van der Waals surface area contributed by atoms with E-state index in [1.807, 2.05) is 0 Å². The zero-order chi connectivity index (χ0) is 14.6. The standard InChI is InChI=1S/C14H19NO3S/c1-14(2,3)9-15(4)13(18)12-10(7-8-19-12)5-6-11(16)17/h5-8H,9H2,1-4H3,(H,16,17). The first-order valence-corrected chi connectivity index (χ1v) is 6.82. The molecule has 0 spiro atoms. The molecular formula is C14H19NO3S. The summed E-state index contributed by atoms with van der Waals surface area (Å²) in [6, 6.07) is 1.75. The Balaban J connectivity index is 2.89. The van der Waals surface area contributed by atoms with Gasteiger partial charge < -0.3 is 10.0 Å². The van der Waals surface area contributed by atoms with E-state index in [-0.39, 0.29) is 11.3 Å². The maximum atomic E-state index is 12.3. The number of hydrogen-bond acceptors (Lipinski definition) is 3. The predicted molar refractivity (Wildman–Crippen MR) is 77.4 cm³/mol. The highest BCUT2D eigenvalue weighted by molar-refractivity contribution is 7.12.